The maximum Gasteiger partial charge on any atom is 0.255 e. The molecule has 0 fully saturated rings. The molecule has 1 amide bonds. The van der Waals surface area contributed by atoms with Gasteiger partial charge in [0.05, 0.1) is 6.33 Å². The van der Waals surface area contributed by atoms with Crippen molar-refractivity contribution in [2.24, 2.45) is 5.73 Å². The molecule has 0 aliphatic rings. The van der Waals surface area contributed by atoms with E-state index < -0.39 is 5.91 Å². The molecule has 18 heavy (non-hydrogen) atoms. The number of rotatable bonds is 5. The van der Waals surface area contributed by atoms with Crippen LogP contribution < -0.4 is 16.8 Å². The Morgan fingerprint density at radius 3 is 3.06 bits per heavy atom. The number of nitrogen functional groups attached to an aromatic ring is 1. The molecule has 0 aliphatic carbocycles. The average molecular weight is 266 g/mol. The van der Waals surface area contributed by atoms with Crippen molar-refractivity contribution in [2.75, 3.05) is 11.1 Å². The third kappa shape index (κ3) is 2.59. The zero-order valence-electron chi connectivity index (χ0n) is 9.83. The van der Waals surface area contributed by atoms with E-state index in [9.17, 15) is 4.79 Å². The van der Waals surface area contributed by atoms with Gasteiger partial charge in [0.25, 0.3) is 5.91 Å². The number of amides is 1. The van der Waals surface area contributed by atoms with Gasteiger partial charge in [0.15, 0.2) is 5.82 Å². The highest BCUT2D eigenvalue weighted by molar-refractivity contribution is 7.11. The molecule has 1 unspecified atom stereocenters. The molecule has 0 aliphatic heterocycles. The SMILES string of the molecule is CC(Cn1ccnc1)Nc1snc(N)c1C(N)=O. The van der Waals surface area contributed by atoms with Gasteiger partial charge in [-0.05, 0) is 18.5 Å². The van der Waals surface area contributed by atoms with Crippen LogP contribution in [0.25, 0.3) is 0 Å². The largest absolute Gasteiger partial charge is 0.382 e. The molecule has 2 rings (SSSR count). The van der Waals surface area contributed by atoms with Gasteiger partial charge < -0.3 is 21.4 Å². The first-order valence-corrected chi connectivity index (χ1v) is 6.12. The molecule has 96 valence electrons. The molecule has 2 heterocycles. The Hall–Kier alpha value is -2.09. The molecule has 2 aromatic rings. The minimum absolute atomic E-state index is 0.0946. The number of anilines is 2. The highest BCUT2D eigenvalue weighted by atomic mass is 32.1. The van der Waals surface area contributed by atoms with Crippen molar-refractivity contribution in [3.8, 4) is 0 Å². The van der Waals surface area contributed by atoms with Gasteiger partial charge in [0, 0.05) is 25.0 Å². The van der Waals surface area contributed by atoms with Gasteiger partial charge >= 0.3 is 0 Å². The molecule has 8 heteroatoms. The minimum atomic E-state index is -0.571. The van der Waals surface area contributed by atoms with Crippen LogP contribution in [0, 0.1) is 0 Å². The molecule has 5 N–H and O–H groups in total. The Morgan fingerprint density at radius 1 is 1.67 bits per heavy atom. The molecule has 0 bridgehead atoms. The second-order valence-electron chi connectivity index (χ2n) is 3.94. The van der Waals surface area contributed by atoms with Crippen molar-refractivity contribution in [3.05, 3.63) is 24.3 Å². The summed E-state index contributed by atoms with van der Waals surface area (Å²) >= 11 is 1.13. The van der Waals surface area contributed by atoms with E-state index in [-0.39, 0.29) is 17.4 Å². The maximum atomic E-state index is 11.3. The molecule has 0 spiro atoms. The van der Waals surface area contributed by atoms with Gasteiger partial charge in [0.2, 0.25) is 0 Å². The number of hydrogen-bond acceptors (Lipinski definition) is 6. The van der Waals surface area contributed by atoms with Crippen molar-refractivity contribution in [1.82, 2.24) is 13.9 Å². The van der Waals surface area contributed by atoms with Crippen LogP contribution in [0.5, 0.6) is 0 Å². The highest BCUT2D eigenvalue weighted by Crippen LogP contribution is 2.26. The van der Waals surface area contributed by atoms with Crippen LogP contribution in [-0.4, -0.2) is 25.9 Å². The zero-order chi connectivity index (χ0) is 13.1. The minimum Gasteiger partial charge on any atom is -0.382 e. The summed E-state index contributed by atoms with van der Waals surface area (Å²) in [5.74, 6) is -0.400. The van der Waals surface area contributed by atoms with Crippen LogP contribution in [0.1, 0.15) is 17.3 Å². The fourth-order valence-corrected chi connectivity index (χ4v) is 2.45. The summed E-state index contributed by atoms with van der Waals surface area (Å²) in [5.41, 5.74) is 11.1. The van der Waals surface area contributed by atoms with Crippen LogP contribution in [-0.2, 0) is 6.54 Å². The molecule has 2 aromatic heterocycles. The van der Waals surface area contributed by atoms with E-state index in [1.807, 2.05) is 17.7 Å². The van der Waals surface area contributed by atoms with E-state index in [0.29, 0.717) is 5.00 Å². The molecule has 7 nitrogen and oxygen atoms in total. The Morgan fingerprint density at radius 2 is 2.44 bits per heavy atom. The number of hydrogen-bond donors (Lipinski definition) is 3. The summed E-state index contributed by atoms with van der Waals surface area (Å²) in [5, 5.41) is 3.78. The number of carbonyl (C=O) groups is 1. The number of nitrogens with zero attached hydrogens (tertiary/aromatic N) is 3. The Kier molecular flexibility index (Phi) is 3.47. The Labute approximate surface area is 108 Å². The smallest absolute Gasteiger partial charge is 0.255 e. The normalized spacial score (nSPS) is 12.3. The Bertz CT molecular complexity index is 535. The highest BCUT2D eigenvalue weighted by Gasteiger charge is 2.18. The number of aromatic nitrogens is 3. The zero-order valence-corrected chi connectivity index (χ0v) is 10.6. The van der Waals surface area contributed by atoms with E-state index >= 15 is 0 Å². The lowest BCUT2D eigenvalue weighted by molar-refractivity contribution is 0.100. The molecule has 0 radical (unpaired) electrons. The number of imidazole rings is 1. The third-order valence-corrected chi connectivity index (χ3v) is 3.18. The molecular weight excluding hydrogens is 252 g/mol. The summed E-state index contributed by atoms with van der Waals surface area (Å²) in [4.78, 5) is 15.2. The standard InChI is InChI=1S/C10H14N6OS/c1-6(4-16-3-2-13-5-16)14-10-7(9(12)17)8(11)15-18-10/h2-3,5-6,14H,4H2,1H3,(H2,11,15)(H2,12,17). The fraction of sp³-hybridized carbons (Fsp3) is 0.300. The van der Waals surface area contributed by atoms with E-state index in [4.69, 9.17) is 11.5 Å². The van der Waals surface area contributed by atoms with Crippen LogP contribution in [0.3, 0.4) is 0 Å². The predicted molar refractivity (Wildman–Crippen MR) is 70.4 cm³/mol. The molecule has 0 saturated heterocycles. The second-order valence-corrected chi connectivity index (χ2v) is 4.71. The summed E-state index contributed by atoms with van der Waals surface area (Å²) in [7, 11) is 0. The summed E-state index contributed by atoms with van der Waals surface area (Å²) in [6.45, 7) is 2.71. The number of nitrogens with two attached hydrogens (primary N) is 2. The van der Waals surface area contributed by atoms with Crippen molar-refractivity contribution in [3.63, 3.8) is 0 Å². The molecule has 0 aromatic carbocycles. The van der Waals surface area contributed by atoms with Gasteiger partial charge in [-0.1, -0.05) is 0 Å². The molecule has 1 atom stereocenters. The monoisotopic (exact) mass is 266 g/mol. The second kappa shape index (κ2) is 5.05. The first kappa shape index (κ1) is 12.4. The van der Waals surface area contributed by atoms with E-state index in [2.05, 4.69) is 14.7 Å². The Balaban J connectivity index is 2.07. The van der Waals surface area contributed by atoms with Gasteiger partial charge in [0.1, 0.15) is 10.6 Å². The van der Waals surface area contributed by atoms with E-state index in [0.717, 1.165) is 18.1 Å². The first-order chi connectivity index (χ1) is 8.58. The van der Waals surface area contributed by atoms with Crippen LogP contribution in [0.4, 0.5) is 10.8 Å². The van der Waals surface area contributed by atoms with Crippen LogP contribution in [0.15, 0.2) is 18.7 Å². The topological polar surface area (TPSA) is 112 Å². The van der Waals surface area contributed by atoms with Crippen molar-refractivity contribution >= 4 is 28.3 Å². The van der Waals surface area contributed by atoms with E-state index in [1.54, 1.807) is 12.5 Å². The lowest BCUT2D eigenvalue weighted by atomic mass is 10.2. The van der Waals surface area contributed by atoms with Crippen molar-refractivity contribution in [1.29, 1.82) is 0 Å². The number of carbonyl (C=O) groups excluding carboxylic acids is 1. The van der Waals surface area contributed by atoms with Crippen LogP contribution in [0.2, 0.25) is 0 Å². The summed E-state index contributed by atoms with van der Waals surface area (Å²) < 4.78 is 5.86. The van der Waals surface area contributed by atoms with Gasteiger partial charge in [-0.15, -0.1) is 0 Å². The third-order valence-electron chi connectivity index (χ3n) is 2.39. The number of nitrogens with one attached hydrogen (secondary N) is 1. The fourth-order valence-electron chi connectivity index (χ4n) is 1.62. The summed E-state index contributed by atoms with van der Waals surface area (Å²) in [6, 6.07) is 0.0946. The molecule has 0 saturated carbocycles. The number of primary amides is 1. The average Bonchev–Trinajstić information content (AvgIpc) is 2.88. The van der Waals surface area contributed by atoms with Crippen molar-refractivity contribution < 1.29 is 4.79 Å². The lowest BCUT2D eigenvalue weighted by Gasteiger charge is -2.14. The predicted octanol–water partition coefficient (Wildman–Crippen LogP) is 0.521. The van der Waals surface area contributed by atoms with Gasteiger partial charge in [-0.2, -0.15) is 4.37 Å². The summed E-state index contributed by atoms with van der Waals surface area (Å²) in [6.07, 6.45) is 5.31. The lowest BCUT2D eigenvalue weighted by Crippen LogP contribution is -2.23. The quantitative estimate of drug-likeness (QED) is 0.730. The first-order valence-electron chi connectivity index (χ1n) is 5.35. The van der Waals surface area contributed by atoms with Crippen molar-refractivity contribution in [2.45, 2.75) is 19.5 Å². The maximum absolute atomic E-state index is 11.3. The van der Waals surface area contributed by atoms with Gasteiger partial charge in [-0.3, -0.25) is 4.79 Å². The van der Waals surface area contributed by atoms with Crippen LogP contribution >= 0.6 is 11.5 Å². The van der Waals surface area contributed by atoms with Gasteiger partial charge in [-0.25, -0.2) is 4.98 Å². The molecular formula is C10H14N6OS. The van der Waals surface area contributed by atoms with E-state index in [1.165, 1.54) is 0 Å².